The molecule has 1 aromatic rings. The molecule has 0 bridgehead atoms. The van der Waals surface area contributed by atoms with Gasteiger partial charge in [0.2, 0.25) is 0 Å². The number of hydrogen-bond donors (Lipinski definition) is 2. The van der Waals surface area contributed by atoms with E-state index in [0.717, 1.165) is 0 Å². The van der Waals surface area contributed by atoms with E-state index >= 15 is 0 Å². The summed E-state index contributed by atoms with van der Waals surface area (Å²) in [6.07, 6.45) is 2.79. The van der Waals surface area contributed by atoms with E-state index in [-0.39, 0.29) is 12.8 Å². The number of carbonyl (C=O) groups excluding carboxylic acids is 1. The van der Waals surface area contributed by atoms with E-state index in [0.29, 0.717) is 24.3 Å². The zero-order valence-corrected chi connectivity index (χ0v) is 10.5. The molecular formula is C14H17NO4. The average molecular weight is 263 g/mol. The summed E-state index contributed by atoms with van der Waals surface area (Å²) in [5.41, 5.74) is 0.639. The summed E-state index contributed by atoms with van der Waals surface area (Å²) in [5.74, 6) is -0.358. The highest BCUT2D eigenvalue weighted by Crippen LogP contribution is 2.19. The minimum atomic E-state index is -0.987. The van der Waals surface area contributed by atoms with E-state index in [9.17, 15) is 9.59 Å². The number of nitrogens with one attached hydrogen (secondary N) is 1. The molecule has 1 aromatic carbocycles. The second kappa shape index (κ2) is 7.92. The fourth-order valence-electron chi connectivity index (χ4n) is 1.52. The Labute approximate surface area is 111 Å². The van der Waals surface area contributed by atoms with Gasteiger partial charge in [0.25, 0.3) is 0 Å². The molecule has 0 radical (unpaired) electrons. The monoisotopic (exact) mass is 263 g/mol. The van der Waals surface area contributed by atoms with Crippen molar-refractivity contribution in [1.82, 2.24) is 0 Å². The number of carboxylic acid groups (broad SMARTS) is 1. The van der Waals surface area contributed by atoms with Crippen molar-refractivity contribution in [2.75, 3.05) is 11.9 Å². The van der Waals surface area contributed by atoms with Crippen LogP contribution in [0.2, 0.25) is 0 Å². The summed E-state index contributed by atoms with van der Waals surface area (Å²) < 4.78 is 5.36. The number of aldehydes is 1. The number of hydrogen-bond acceptors (Lipinski definition) is 4. The van der Waals surface area contributed by atoms with Crippen LogP contribution in [0.25, 0.3) is 0 Å². The van der Waals surface area contributed by atoms with Crippen molar-refractivity contribution in [1.29, 1.82) is 0 Å². The molecule has 1 rings (SSSR count). The SMILES string of the molecule is C=CCOc1cccc(NC(CCC=O)C(=O)O)c1. The van der Waals surface area contributed by atoms with Crippen molar-refractivity contribution in [3.63, 3.8) is 0 Å². The van der Waals surface area contributed by atoms with Gasteiger partial charge in [-0.15, -0.1) is 0 Å². The maximum absolute atomic E-state index is 11.0. The van der Waals surface area contributed by atoms with Crippen molar-refractivity contribution in [3.8, 4) is 5.75 Å². The predicted molar refractivity (Wildman–Crippen MR) is 72.5 cm³/mol. The van der Waals surface area contributed by atoms with Gasteiger partial charge < -0.3 is 20.0 Å². The maximum atomic E-state index is 11.0. The van der Waals surface area contributed by atoms with Crippen LogP contribution in [0.3, 0.4) is 0 Å². The van der Waals surface area contributed by atoms with Gasteiger partial charge in [0, 0.05) is 18.2 Å². The van der Waals surface area contributed by atoms with Gasteiger partial charge >= 0.3 is 5.97 Å². The summed E-state index contributed by atoms with van der Waals surface area (Å²) >= 11 is 0. The second-order valence-corrected chi connectivity index (χ2v) is 3.91. The van der Waals surface area contributed by atoms with Gasteiger partial charge in [-0.1, -0.05) is 18.7 Å². The molecule has 102 valence electrons. The van der Waals surface area contributed by atoms with E-state index in [1.807, 2.05) is 0 Å². The summed E-state index contributed by atoms with van der Waals surface area (Å²) in [6, 6.07) is 6.20. The van der Waals surface area contributed by atoms with Gasteiger partial charge in [0.15, 0.2) is 0 Å². The first-order valence-electron chi connectivity index (χ1n) is 5.94. The van der Waals surface area contributed by atoms with Crippen LogP contribution >= 0.6 is 0 Å². The highest BCUT2D eigenvalue weighted by molar-refractivity contribution is 5.77. The van der Waals surface area contributed by atoms with Gasteiger partial charge in [-0.25, -0.2) is 4.79 Å². The summed E-state index contributed by atoms with van der Waals surface area (Å²) in [6.45, 7) is 3.94. The molecule has 0 spiro atoms. The highest BCUT2D eigenvalue weighted by Gasteiger charge is 2.16. The molecule has 0 aliphatic carbocycles. The van der Waals surface area contributed by atoms with Gasteiger partial charge in [0.05, 0.1) is 0 Å². The minimum absolute atomic E-state index is 0.205. The second-order valence-electron chi connectivity index (χ2n) is 3.91. The van der Waals surface area contributed by atoms with E-state index in [1.54, 1.807) is 30.3 Å². The molecule has 0 heterocycles. The van der Waals surface area contributed by atoms with Gasteiger partial charge in [0.1, 0.15) is 24.7 Å². The summed E-state index contributed by atoms with van der Waals surface area (Å²) in [7, 11) is 0. The van der Waals surface area contributed by atoms with Crippen LogP contribution in [0.5, 0.6) is 5.75 Å². The molecule has 5 heteroatoms. The van der Waals surface area contributed by atoms with E-state index in [4.69, 9.17) is 9.84 Å². The van der Waals surface area contributed by atoms with E-state index < -0.39 is 12.0 Å². The molecular weight excluding hydrogens is 246 g/mol. The lowest BCUT2D eigenvalue weighted by atomic mass is 10.1. The van der Waals surface area contributed by atoms with Crippen molar-refractivity contribution >= 4 is 17.9 Å². The Balaban J connectivity index is 2.69. The lowest BCUT2D eigenvalue weighted by Gasteiger charge is -2.15. The lowest BCUT2D eigenvalue weighted by Crippen LogP contribution is -2.29. The Hall–Kier alpha value is -2.30. The maximum Gasteiger partial charge on any atom is 0.326 e. The fourth-order valence-corrected chi connectivity index (χ4v) is 1.52. The first-order chi connectivity index (χ1) is 9.17. The third-order valence-corrected chi connectivity index (χ3v) is 2.41. The quantitative estimate of drug-likeness (QED) is 0.527. The van der Waals surface area contributed by atoms with Crippen molar-refractivity contribution < 1.29 is 19.4 Å². The number of carbonyl (C=O) groups is 2. The molecule has 1 atom stereocenters. The number of carboxylic acids is 1. The zero-order valence-electron chi connectivity index (χ0n) is 10.5. The molecule has 0 aromatic heterocycles. The zero-order chi connectivity index (χ0) is 14.1. The fraction of sp³-hybridized carbons (Fsp3) is 0.286. The Morgan fingerprint density at radius 1 is 1.53 bits per heavy atom. The Kier molecular flexibility index (Phi) is 6.15. The number of ether oxygens (including phenoxy) is 1. The van der Waals surface area contributed by atoms with Crippen LogP contribution in [0, 0.1) is 0 Å². The third-order valence-electron chi connectivity index (χ3n) is 2.41. The van der Waals surface area contributed by atoms with E-state index in [1.165, 1.54) is 0 Å². The molecule has 0 fully saturated rings. The molecule has 0 aliphatic heterocycles. The van der Waals surface area contributed by atoms with Crippen molar-refractivity contribution in [3.05, 3.63) is 36.9 Å². The van der Waals surface area contributed by atoms with Crippen LogP contribution in [0.1, 0.15) is 12.8 Å². The van der Waals surface area contributed by atoms with Crippen LogP contribution < -0.4 is 10.1 Å². The molecule has 19 heavy (non-hydrogen) atoms. The standard InChI is InChI=1S/C14H17NO4/c1-2-9-19-12-6-3-5-11(10-12)15-13(14(17)18)7-4-8-16/h2-3,5-6,8,10,13,15H,1,4,7,9H2,(H,17,18). The van der Waals surface area contributed by atoms with Crippen LogP contribution in [-0.4, -0.2) is 30.0 Å². The Bertz CT molecular complexity index is 445. The number of rotatable bonds is 9. The van der Waals surface area contributed by atoms with Gasteiger partial charge in [-0.05, 0) is 18.6 Å². The minimum Gasteiger partial charge on any atom is -0.489 e. The highest BCUT2D eigenvalue weighted by atomic mass is 16.5. The Morgan fingerprint density at radius 3 is 2.95 bits per heavy atom. The third kappa shape index (κ3) is 5.25. The molecule has 5 nitrogen and oxygen atoms in total. The van der Waals surface area contributed by atoms with Crippen molar-refractivity contribution in [2.24, 2.45) is 0 Å². The van der Waals surface area contributed by atoms with Crippen molar-refractivity contribution in [2.45, 2.75) is 18.9 Å². The largest absolute Gasteiger partial charge is 0.489 e. The first-order valence-corrected chi connectivity index (χ1v) is 5.94. The van der Waals surface area contributed by atoms with Gasteiger partial charge in [-0.3, -0.25) is 0 Å². The van der Waals surface area contributed by atoms with Gasteiger partial charge in [-0.2, -0.15) is 0 Å². The average Bonchev–Trinajstić information content (AvgIpc) is 2.41. The van der Waals surface area contributed by atoms with Crippen LogP contribution in [-0.2, 0) is 9.59 Å². The predicted octanol–water partition coefficient (Wildman–Crippen LogP) is 2.10. The molecule has 1 unspecified atom stereocenters. The lowest BCUT2D eigenvalue weighted by molar-refractivity contribution is -0.138. The molecule has 0 aliphatic rings. The van der Waals surface area contributed by atoms with Crippen LogP contribution in [0.15, 0.2) is 36.9 Å². The smallest absolute Gasteiger partial charge is 0.326 e. The van der Waals surface area contributed by atoms with E-state index in [2.05, 4.69) is 11.9 Å². The normalized spacial score (nSPS) is 11.4. The molecule has 0 saturated heterocycles. The summed E-state index contributed by atoms with van der Waals surface area (Å²) in [4.78, 5) is 21.4. The molecule has 0 amide bonds. The van der Waals surface area contributed by atoms with Crippen LogP contribution in [0.4, 0.5) is 5.69 Å². The molecule has 2 N–H and O–H groups in total. The number of aliphatic carboxylic acids is 1. The number of anilines is 1. The molecule has 0 saturated carbocycles. The topological polar surface area (TPSA) is 75.6 Å². The first kappa shape index (κ1) is 14.8. The summed E-state index contributed by atoms with van der Waals surface area (Å²) in [5, 5.41) is 11.9. The number of benzene rings is 1. The Morgan fingerprint density at radius 2 is 2.32 bits per heavy atom.